The smallest absolute Gasteiger partial charge is 0.142 e. The van der Waals surface area contributed by atoms with E-state index >= 15 is 0 Å². The van der Waals surface area contributed by atoms with Gasteiger partial charge in [-0.05, 0) is 38.5 Å². The van der Waals surface area contributed by atoms with E-state index < -0.39 is 0 Å². The van der Waals surface area contributed by atoms with Gasteiger partial charge in [0, 0.05) is 12.4 Å². The third-order valence-corrected chi connectivity index (χ3v) is 2.84. The Balaban J connectivity index is 2.18. The van der Waals surface area contributed by atoms with Crippen LogP contribution in [0, 0.1) is 6.92 Å². The number of hydrogen-bond acceptors (Lipinski definition) is 4. The van der Waals surface area contributed by atoms with Crippen LogP contribution in [0.25, 0.3) is 0 Å². The number of aromatic nitrogens is 2. The van der Waals surface area contributed by atoms with E-state index in [1.807, 2.05) is 19.1 Å². The Labute approximate surface area is 113 Å². The van der Waals surface area contributed by atoms with Crippen LogP contribution in [0.15, 0.2) is 36.8 Å². The quantitative estimate of drug-likeness (QED) is 0.892. The molecular formula is C15H19N3O. The Morgan fingerprint density at radius 1 is 1.32 bits per heavy atom. The highest BCUT2D eigenvalue weighted by molar-refractivity contribution is 5.58. The Morgan fingerprint density at radius 2 is 2.16 bits per heavy atom. The maximum atomic E-state index is 5.66. The van der Waals surface area contributed by atoms with Gasteiger partial charge in [0.1, 0.15) is 5.75 Å². The molecule has 0 aliphatic heterocycles. The second-order valence-corrected chi connectivity index (χ2v) is 4.43. The standard InChI is InChI=1S/C15H19N3O/c1-4-19-15-9-11(2)5-6-13(15)18-12(3)14-10-16-7-8-17-14/h5-10,12,18H,4H2,1-3H3. The van der Waals surface area contributed by atoms with Crippen LogP contribution in [0.1, 0.15) is 31.1 Å². The summed E-state index contributed by atoms with van der Waals surface area (Å²) in [6, 6.07) is 6.21. The lowest BCUT2D eigenvalue weighted by Crippen LogP contribution is -2.10. The molecule has 0 aliphatic rings. The molecule has 1 unspecified atom stereocenters. The number of ether oxygens (including phenoxy) is 1. The van der Waals surface area contributed by atoms with Crippen molar-refractivity contribution in [1.82, 2.24) is 9.97 Å². The van der Waals surface area contributed by atoms with E-state index in [2.05, 4.69) is 35.2 Å². The van der Waals surface area contributed by atoms with Gasteiger partial charge in [0.25, 0.3) is 0 Å². The van der Waals surface area contributed by atoms with Gasteiger partial charge in [-0.2, -0.15) is 0 Å². The molecule has 0 spiro atoms. The van der Waals surface area contributed by atoms with Crippen LogP contribution in [0.2, 0.25) is 0 Å². The Kier molecular flexibility index (Phi) is 4.34. The highest BCUT2D eigenvalue weighted by Crippen LogP contribution is 2.28. The molecule has 4 nitrogen and oxygen atoms in total. The highest BCUT2D eigenvalue weighted by Gasteiger charge is 2.10. The van der Waals surface area contributed by atoms with Crippen molar-refractivity contribution >= 4 is 5.69 Å². The van der Waals surface area contributed by atoms with Crippen LogP contribution in [0.3, 0.4) is 0 Å². The number of rotatable bonds is 5. The SMILES string of the molecule is CCOc1cc(C)ccc1NC(C)c1cnccn1. The minimum Gasteiger partial charge on any atom is -0.492 e. The van der Waals surface area contributed by atoms with Crippen LogP contribution in [0.5, 0.6) is 5.75 Å². The summed E-state index contributed by atoms with van der Waals surface area (Å²) in [6.07, 6.45) is 5.14. The van der Waals surface area contributed by atoms with Crippen molar-refractivity contribution in [3.8, 4) is 5.75 Å². The summed E-state index contributed by atoms with van der Waals surface area (Å²) < 4.78 is 5.66. The summed E-state index contributed by atoms with van der Waals surface area (Å²) in [5, 5.41) is 3.41. The van der Waals surface area contributed by atoms with E-state index in [-0.39, 0.29) is 6.04 Å². The van der Waals surface area contributed by atoms with Crippen molar-refractivity contribution in [2.24, 2.45) is 0 Å². The zero-order chi connectivity index (χ0) is 13.7. The minimum absolute atomic E-state index is 0.0793. The summed E-state index contributed by atoms with van der Waals surface area (Å²) in [7, 11) is 0. The maximum absolute atomic E-state index is 5.66. The zero-order valence-electron chi connectivity index (χ0n) is 11.6. The summed E-state index contributed by atoms with van der Waals surface area (Å²) in [5.41, 5.74) is 3.07. The summed E-state index contributed by atoms with van der Waals surface area (Å²) >= 11 is 0. The first-order chi connectivity index (χ1) is 9.20. The van der Waals surface area contributed by atoms with Gasteiger partial charge >= 0.3 is 0 Å². The number of nitrogens with one attached hydrogen (secondary N) is 1. The van der Waals surface area contributed by atoms with Crippen molar-refractivity contribution in [3.05, 3.63) is 48.0 Å². The van der Waals surface area contributed by atoms with Crippen molar-refractivity contribution in [2.75, 3.05) is 11.9 Å². The van der Waals surface area contributed by atoms with Crippen LogP contribution >= 0.6 is 0 Å². The molecule has 1 heterocycles. The predicted octanol–water partition coefficient (Wildman–Crippen LogP) is 3.36. The first kappa shape index (κ1) is 13.3. The van der Waals surface area contributed by atoms with Crippen molar-refractivity contribution in [2.45, 2.75) is 26.8 Å². The van der Waals surface area contributed by atoms with E-state index in [0.717, 1.165) is 17.1 Å². The molecule has 19 heavy (non-hydrogen) atoms. The molecule has 4 heteroatoms. The molecule has 0 radical (unpaired) electrons. The fourth-order valence-corrected chi connectivity index (χ4v) is 1.87. The number of anilines is 1. The van der Waals surface area contributed by atoms with Crippen molar-refractivity contribution in [1.29, 1.82) is 0 Å². The molecule has 2 rings (SSSR count). The molecule has 1 N–H and O–H groups in total. The third kappa shape index (κ3) is 3.44. The molecular weight excluding hydrogens is 238 g/mol. The monoisotopic (exact) mass is 257 g/mol. The van der Waals surface area contributed by atoms with E-state index in [1.54, 1.807) is 18.6 Å². The molecule has 0 fully saturated rings. The zero-order valence-corrected chi connectivity index (χ0v) is 11.6. The molecule has 0 saturated heterocycles. The molecule has 2 aromatic rings. The summed E-state index contributed by atoms with van der Waals surface area (Å²) in [4.78, 5) is 8.39. The molecule has 0 amide bonds. The van der Waals surface area contributed by atoms with Gasteiger partial charge in [0.15, 0.2) is 0 Å². The molecule has 0 aliphatic carbocycles. The van der Waals surface area contributed by atoms with Crippen molar-refractivity contribution in [3.63, 3.8) is 0 Å². The van der Waals surface area contributed by atoms with E-state index in [4.69, 9.17) is 4.74 Å². The Hall–Kier alpha value is -2.10. The van der Waals surface area contributed by atoms with Crippen LogP contribution in [-0.2, 0) is 0 Å². The number of aryl methyl sites for hydroxylation is 1. The van der Waals surface area contributed by atoms with Gasteiger partial charge in [0.2, 0.25) is 0 Å². The van der Waals surface area contributed by atoms with Crippen LogP contribution in [0.4, 0.5) is 5.69 Å². The van der Waals surface area contributed by atoms with Crippen molar-refractivity contribution < 1.29 is 4.74 Å². The van der Waals surface area contributed by atoms with E-state index in [9.17, 15) is 0 Å². The Morgan fingerprint density at radius 3 is 2.84 bits per heavy atom. The molecule has 0 bridgehead atoms. The maximum Gasteiger partial charge on any atom is 0.142 e. The first-order valence-corrected chi connectivity index (χ1v) is 6.46. The second kappa shape index (κ2) is 6.18. The van der Waals surface area contributed by atoms with Crippen LogP contribution < -0.4 is 10.1 Å². The fourth-order valence-electron chi connectivity index (χ4n) is 1.87. The van der Waals surface area contributed by atoms with E-state index in [1.165, 1.54) is 5.56 Å². The lowest BCUT2D eigenvalue weighted by Gasteiger charge is -2.17. The van der Waals surface area contributed by atoms with Gasteiger partial charge in [-0.25, -0.2) is 0 Å². The molecule has 100 valence electrons. The topological polar surface area (TPSA) is 47.0 Å². The van der Waals surface area contributed by atoms with Gasteiger partial charge in [-0.3, -0.25) is 9.97 Å². The normalized spacial score (nSPS) is 11.9. The average molecular weight is 257 g/mol. The number of benzene rings is 1. The van der Waals surface area contributed by atoms with Gasteiger partial charge in [0.05, 0.1) is 30.2 Å². The lowest BCUT2D eigenvalue weighted by molar-refractivity contribution is 0.341. The second-order valence-electron chi connectivity index (χ2n) is 4.43. The predicted molar refractivity (Wildman–Crippen MR) is 76.4 cm³/mol. The third-order valence-electron chi connectivity index (χ3n) is 2.84. The average Bonchev–Trinajstić information content (AvgIpc) is 2.43. The van der Waals surface area contributed by atoms with Crippen LogP contribution in [-0.4, -0.2) is 16.6 Å². The van der Waals surface area contributed by atoms with Gasteiger partial charge in [-0.1, -0.05) is 6.07 Å². The van der Waals surface area contributed by atoms with Gasteiger partial charge in [-0.15, -0.1) is 0 Å². The largest absolute Gasteiger partial charge is 0.492 e. The number of nitrogens with zero attached hydrogens (tertiary/aromatic N) is 2. The highest BCUT2D eigenvalue weighted by atomic mass is 16.5. The minimum atomic E-state index is 0.0793. The molecule has 1 atom stereocenters. The molecule has 1 aromatic heterocycles. The number of hydrogen-bond donors (Lipinski definition) is 1. The lowest BCUT2D eigenvalue weighted by atomic mass is 10.1. The molecule has 0 saturated carbocycles. The first-order valence-electron chi connectivity index (χ1n) is 6.46. The molecule has 1 aromatic carbocycles. The Bertz CT molecular complexity index is 528. The summed E-state index contributed by atoms with van der Waals surface area (Å²) in [6.45, 7) is 6.74. The fraction of sp³-hybridized carbons (Fsp3) is 0.333. The van der Waals surface area contributed by atoms with E-state index in [0.29, 0.717) is 6.61 Å². The van der Waals surface area contributed by atoms with Gasteiger partial charge < -0.3 is 10.1 Å². The summed E-state index contributed by atoms with van der Waals surface area (Å²) in [5.74, 6) is 0.873.